The number of hydrogen-bond donors (Lipinski definition) is 0. The molecule has 0 heterocycles. The van der Waals surface area contributed by atoms with Crippen molar-refractivity contribution >= 4 is 50.7 Å². The average molecular weight is 479 g/mol. The first-order chi connectivity index (χ1) is 15.9. The summed E-state index contributed by atoms with van der Waals surface area (Å²) in [6.45, 7) is 3.80. The lowest BCUT2D eigenvalue weighted by molar-refractivity contribution is -0.141. The number of esters is 1. The van der Waals surface area contributed by atoms with Gasteiger partial charge in [0.1, 0.15) is 21.2 Å². The molecule has 0 aliphatic heterocycles. The Hall–Kier alpha value is -2.75. The summed E-state index contributed by atoms with van der Waals surface area (Å²) in [5.74, 6) is 0.570. The van der Waals surface area contributed by atoms with Crippen LogP contribution >= 0.6 is 23.2 Å². The molecule has 0 amide bonds. The van der Waals surface area contributed by atoms with E-state index >= 15 is 0 Å². The average Bonchev–Trinajstić information content (AvgIpc) is 3.29. The first-order valence-corrected chi connectivity index (χ1v) is 11.8. The zero-order valence-electron chi connectivity index (χ0n) is 18.7. The van der Waals surface area contributed by atoms with Crippen molar-refractivity contribution in [2.24, 2.45) is 11.3 Å². The van der Waals surface area contributed by atoms with Gasteiger partial charge in [-0.1, -0.05) is 74.5 Å². The number of fused-ring (bicyclic) bond motifs is 2. The Bertz CT molecular complexity index is 1390. The molecule has 0 saturated heterocycles. The van der Waals surface area contributed by atoms with E-state index in [4.69, 9.17) is 32.7 Å². The molecule has 4 aromatic carbocycles. The summed E-state index contributed by atoms with van der Waals surface area (Å²) < 4.78 is 10.8. The predicted octanol–water partition coefficient (Wildman–Crippen LogP) is 7.79. The number of carbonyl (C=O) groups is 1. The molecule has 33 heavy (non-hydrogen) atoms. The fourth-order valence-electron chi connectivity index (χ4n) is 5.10. The molecule has 168 valence electrons. The summed E-state index contributed by atoms with van der Waals surface area (Å²) >= 11 is 13.0. The van der Waals surface area contributed by atoms with Gasteiger partial charge in [0.25, 0.3) is 0 Å². The van der Waals surface area contributed by atoms with E-state index in [9.17, 15) is 4.79 Å². The summed E-state index contributed by atoms with van der Waals surface area (Å²) in [4.78, 5) is 13.5. The minimum atomic E-state index is -1.13. The fraction of sp³-hybridized carbons (Fsp3) is 0.250. The Morgan fingerprint density at radius 3 is 1.82 bits per heavy atom. The first kappa shape index (κ1) is 22.1. The van der Waals surface area contributed by atoms with Crippen molar-refractivity contribution in [1.82, 2.24) is 0 Å². The number of methoxy groups -OCH3 is 1. The third-order valence-electron chi connectivity index (χ3n) is 7.17. The van der Waals surface area contributed by atoms with Crippen LogP contribution in [0.1, 0.15) is 20.3 Å². The van der Waals surface area contributed by atoms with Crippen molar-refractivity contribution in [2.45, 2.75) is 24.6 Å². The van der Waals surface area contributed by atoms with Crippen LogP contribution in [-0.2, 0) is 4.79 Å². The monoisotopic (exact) mass is 478 g/mol. The largest absolute Gasteiger partial charge is 0.496 e. The molecule has 0 N–H and O–H groups in total. The van der Waals surface area contributed by atoms with Gasteiger partial charge < -0.3 is 9.47 Å². The van der Waals surface area contributed by atoms with Gasteiger partial charge in [0.15, 0.2) is 0 Å². The number of halogens is 2. The number of carbonyl (C=O) groups excluding carboxylic acids is 1. The molecule has 0 spiro atoms. The summed E-state index contributed by atoms with van der Waals surface area (Å²) in [6.07, 6.45) is 0.500. The van der Waals surface area contributed by atoms with Gasteiger partial charge in [0.05, 0.1) is 7.11 Å². The standard InChI is InChI=1S/C28H24Cl2O3/c1-4-27(17(2)28(27,29)30)26(31)33-23-16-14-19-10-6-8-12-21(19)25(23)24-20-11-7-5-9-18(20)13-15-22(24)32-3/h5-17H,4H2,1-3H3/t17-,27+/m1/s1. The van der Waals surface area contributed by atoms with Gasteiger partial charge in [-0.25, -0.2) is 0 Å². The quantitative estimate of drug-likeness (QED) is 0.167. The van der Waals surface area contributed by atoms with Crippen molar-refractivity contribution < 1.29 is 14.3 Å². The Morgan fingerprint density at radius 2 is 1.33 bits per heavy atom. The molecule has 0 aromatic heterocycles. The van der Waals surface area contributed by atoms with Crippen molar-refractivity contribution in [3.05, 3.63) is 72.8 Å². The van der Waals surface area contributed by atoms with Gasteiger partial charge in [-0.05, 0) is 40.1 Å². The van der Waals surface area contributed by atoms with Crippen LogP contribution in [0.3, 0.4) is 0 Å². The SMILES string of the molecule is CC[C@@]1(C(=O)Oc2ccc3ccccc3c2-c2c(OC)ccc3ccccc23)[C@@H](C)C1(Cl)Cl. The highest BCUT2D eigenvalue weighted by molar-refractivity contribution is 6.53. The van der Waals surface area contributed by atoms with Crippen LogP contribution in [0.15, 0.2) is 72.8 Å². The van der Waals surface area contributed by atoms with Crippen LogP contribution in [0.2, 0.25) is 0 Å². The van der Waals surface area contributed by atoms with E-state index in [1.165, 1.54) is 0 Å². The van der Waals surface area contributed by atoms with E-state index in [2.05, 4.69) is 12.1 Å². The normalized spacial score (nSPS) is 21.2. The van der Waals surface area contributed by atoms with Gasteiger partial charge in [-0.15, -0.1) is 23.2 Å². The molecule has 2 atom stereocenters. The maximum atomic E-state index is 13.5. The van der Waals surface area contributed by atoms with E-state index in [1.807, 2.05) is 74.5 Å². The molecule has 1 aliphatic rings. The predicted molar refractivity (Wildman–Crippen MR) is 135 cm³/mol. The highest BCUT2D eigenvalue weighted by atomic mass is 35.5. The molecule has 0 radical (unpaired) electrons. The van der Waals surface area contributed by atoms with Gasteiger partial charge in [-0.2, -0.15) is 0 Å². The molecule has 5 heteroatoms. The van der Waals surface area contributed by atoms with Gasteiger partial charge in [0, 0.05) is 17.0 Å². The van der Waals surface area contributed by atoms with Crippen molar-refractivity contribution in [3.8, 4) is 22.6 Å². The van der Waals surface area contributed by atoms with Gasteiger partial charge in [0.2, 0.25) is 0 Å². The highest BCUT2D eigenvalue weighted by Gasteiger charge is 2.78. The smallest absolute Gasteiger partial charge is 0.320 e. The zero-order valence-corrected chi connectivity index (χ0v) is 20.2. The third-order valence-corrected chi connectivity index (χ3v) is 8.50. The lowest BCUT2D eigenvalue weighted by atomic mass is 9.92. The lowest BCUT2D eigenvalue weighted by Crippen LogP contribution is -2.27. The topological polar surface area (TPSA) is 35.5 Å². The van der Waals surface area contributed by atoms with Crippen LogP contribution in [0.4, 0.5) is 0 Å². The maximum absolute atomic E-state index is 13.5. The van der Waals surface area contributed by atoms with Crippen molar-refractivity contribution in [2.75, 3.05) is 7.11 Å². The van der Waals surface area contributed by atoms with Crippen LogP contribution in [-0.4, -0.2) is 17.4 Å². The van der Waals surface area contributed by atoms with E-state index in [-0.39, 0.29) is 5.92 Å². The minimum Gasteiger partial charge on any atom is -0.496 e. The zero-order chi connectivity index (χ0) is 23.4. The summed E-state index contributed by atoms with van der Waals surface area (Å²) in [5.41, 5.74) is 0.763. The molecule has 1 aliphatic carbocycles. The number of hydrogen-bond acceptors (Lipinski definition) is 3. The summed E-state index contributed by atoms with van der Waals surface area (Å²) in [5, 5.41) is 4.09. The maximum Gasteiger partial charge on any atom is 0.320 e. The number of ether oxygens (including phenoxy) is 2. The van der Waals surface area contributed by atoms with Crippen molar-refractivity contribution in [1.29, 1.82) is 0 Å². The second-order valence-electron chi connectivity index (χ2n) is 8.58. The van der Waals surface area contributed by atoms with Crippen molar-refractivity contribution in [3.63, 3.8) is 0 Å². The van der Waals surface area contributed by atoms with Crippen LogP contribution in [0, 0.1) is 11.3 Å². The molecule has 3 nitrogen and oxygen atoms in total. The number of rotatable bonds is 5. The summed E-state index contributed by atoms with van der Waals surface area (Å²) in [7, 11) is 1.65. The van der Waals surface area contributed by atoms with Gasteiger partial charge in [-0.3, -0.25) is 4.79 Å². The summed E-state index contributed by atoms with van der Waals surface area (Å²) in [6, 6.07) is 23.9. The first-order valence-electron chi connectivity index (χ1n) is 11.0. The van der Waals surface area contributed by atoms with E-state index in [0.717, 1.165) is 32.7 Å². The molecule has 0 bridgehead atoms. The molecular formula is C28H24Cl2O3. The van der Waals surface area contributed by atoms with Crippen LogP contribution in [0.25, 0.3) is 32.7 Å². The molecular weight excluding hydrogens is 455 g/mol. The lowest BCUT2D eigenvalue weighted by Gasteiger charge is -2.20. The Kier molecular flexibility index (Phi) is 5.30. The Labute approximate surface area is 203 Å². The molecule has 1 saturated carbocycles. The number of alkyl halides is 2. The Balaban J connectivity index is 1.77. The highest BCUT2D eigenvalue weighted by Crippen LogP contribution is 2.71. The molecule has 5 rings (SSSR count). The number of benzene rings is 4. The fourth-order valence-corrected chi connectivity index (χ4v) is 6.12. The molecule has 1 fully saturated rings. The Morgan fingerprint density at radius 1 is 0.848 bits per heavy atom. The molecule has 0 unspecified atom stereocenters. The van der Waals surface area contributed by atoms with Gasteiger partial charge >= 0.3 is 5.97 Å². The van der Waals surface area contributed by atoms with E-state index < -0.39 is 15.7 Å². The van der Waals surface area contributed by atoms with E-state index in [0.29, 0.717) is 17.9 Å². The van der Waals surface area contributed by atoms with Crippen LogP contribution < -0.4 is 9.47 Å². The minimum absolute atomic E-state index is 0.193. The van der Waals surface area contributed by atoms with E-state index in [1.54, 1.807) is 7.11 Å². The second kappa shape index (κ2) is 7.93. The molecule has 4 aromatic rings. The second-order valence-corrected chi connectivity index (χ2v) is 9.97. The van der Waals surface area contributed by atoms with Crippen LogP contribution in [0.5, 0.6) is 11.5 Å². The third kappa shape index (κ3) is 3.13.